The lowest BCUT2D eigenvalue weighted by atomic mass is 9.91. The van der Waals surface area contributed by atoms with Gasteiger partial charge in [0.05, 0.1) is 13.2 Å². The highest BCUT2D eigenvalue weighted by Gasteiger charge is 2.45. The molecule has 3 aromatic carbocycles. The van der Waals surface area contributed by atoms with E-state index in [1.165, 1.54) is 23.6 Å². The van der Waals surface area contributed by atoms with Crippen LogP contribution in [0.15, 0.2) is 77.8 Å². The largest absolute Gasteiger partial charge is 0.480 e. The molecule has 9 atom stereocenters. The van der Waals surface area contributed by atoms with E-state index in [4.69, 9.17) is 17.2 Å². The molecule has 0 bridgehead atoms. The van der Waals surface area contributed by atoms with Gasteiger partial charge in [-0.25, -0.2) is 4.79 Å². The van der Waals surface area contributed by atoms with Crippen molar-refractivity contribution < 1.29 is 58.2 Å². The van der Waals surface area contributed by atoms with E-state index in [-0.39, 0.29) is 70.5 Å². The summed E-state index contributed by atoms with van der Waals surface area (Å²) in [5.41, 5.74) is 16.1. The fraction of sp³-hybridized carbons (Fsp3) is 0.534. The summed E-state index contributed by atoms with van der Waals surface area (Å²) in [5, 5.41) is 40.7. The Morgan fingerprint density at radius 1 is 0.723 bits per heavy atom. The fourth-order valence-corrected chi connectivity index (χ4v) is 10.4. The zero-order valence-corrected chi connectivity index (χ0v) is 47.8. The number of benzene rings is 3. The minimum absolute atomic E-state index is 0.0918. The highest BCUT2D eigenvalue weighted by atomic mass is 16.4. The number of hydrogen-bond donors (Lipinski definition) is 12. The smallest absolute Gasteiger partial charge is 0.326 e. The molecule has 15 N–H and O–H groups in total. The minimum Gasteiger partial charge on any atom is -0.480 e. The number of aliphatic imine (C=N–C) groups is 1. The molecule has 0 saturated carbocycles. The number of hydrogen-bond acceptors (Lipinski definition) is 13. The highest BCUT2D eigenvalue weighted by molar-refractivity contribution is 5.99. The second-order valence-electron chi connectivity index (χ2n) is 21.6. The summed E-state index contributed by atoms with van der Waals surface area (Å²) >= 11 is 0. The zero-order valence-electron chi connectivity index (χ0n) is 47.8. The number of carboxylic acids is 1. The number of carboxylic acid groups (broad SMARTS) is 1. The van der Waals surface area contributed by atoms with E-state index >= 15 is 0 Å². The van der Waals surface area contributed by atoms with E-state index in [9.17, 15) is 58.2 Å². The number of nitrogens with two attached hydrogens (primary N) is 3. The van der Waals surface area contributed by atoms with Crippen LogP contribution in [0.1, 0.15) is 103 Å². The molecule has 5 rings (SSSR count). The number of guanidine groups is 1. The van der Waals surface area contributed by atoms with Crippen LogP contribution in [0.5, 0.6) is 0 Å². The van der Waals surface area contributed by atoms with Crippen LogP contribution < -0.4 is 54.4 Å². The van der Waals surface area contributed by atoms with E-state index in [2.05, 4.69) is 42.2 Å². The number of aliphatic hydroxyl groups is 1. The van der Waals surface area contributed by atoms with Crippen molar-refractivity contribution in [1.29, 1.82) is 0 Å². The van der Waals surface area contributed by atoms with E-state index in [0.29, 0.717) is 49.8 Å². The van der Waals surface area contributed by atoms with Gasteiger partial charge in [-0.1, -0.05) is 93.1 Å². The van der Waals surface area contributed by atoms with Crippen LogP contribution in [-0.2, 0) is 60.8 Å². The Hall–Kier alpha value is -8.19. The first-order valence-corrected chi connectivity index (χ1v) is 28.4. The third-order valence-corrected chi connectivity index (χ3v) is 15.1. The average molecular weight is 1150 g/mol. The van der Waals surface area contributed by atoms with Gasteiger partial charge in [0.15, 0.2) is 5.96 Å². The van der Waals surface area contributed by atoms with Crippen molar-refractivity contribution in [3.63, 3.8) is 0 Å². The second kappa shape index (κ2) is 31.9. The van der Waals surface area contributed by atoms with Crippen molar-refractivity contribution in [3.8, 4) is 0 Å². The van der Waals surface area contributed by atoms with Gasteiger partial charge in [-0.2, -0.15) is 0 Å². The highest BCUT2D eigenvalue weighted by Crippen LogP contribution is 2.27. The van der Waals surface area contributed by atoms with E-state index < -0.39 is 126 Å². The summed E-state index contributed by atoms with van der Waals surface area (Å²) in [6.45, 7) is 5.41. The Balaban J connectivity index is 1.28. The van der Waals surface area contributed by atoms with Crippen LogP contribution in [-0.4, -0.2) is 172 Å². The molecule has 3 aromatic rings. The number of carbonyl (C=O) groups is 10. The van der Waals surface area contributed by atoms with Crippen molar-refractivity contribution in [2.45, 2.75) is 153 Å². The topological polar surface area (TPSA) is 392 Å². The number of likely N-dealkylation sites (tertiary alicyclic amines) is 2. The van der Waals surface area contributed by atoms with E-state index in [0.717, 1.165) is 10.8 Å². The van der Waals surface area contributed by atoms with Crippen LogP contribution in [0.25, 0.3) is 10.8 Å². The first-order chi connectivity index (χ1) is 39.6. The molecule has 0 radical (unpaired) electrons. The van der Waals surface area contributed by atoms with Crippen molar-refractivity contribution in [2.75, 3.05) is 39.3 Å². The molecule has 452 valence electrons. The summed E-state index contributed by atoms with van der Waals surface area (Å²) in [7, 11) is 0. The molecule has 2 fully saturated rings. The number of nitrogens with one attached hydrogen (secondary N) is 7. The van der Waals surface area contributed by atoms with Crippen LogP contribution in [0, 0.1) is 5.92 Å². The zero-order chi connectivity index (χ0) is 60.8. The molecule has 2 aliphatic heterocycles. The van der Waals surface area contributed by atoms with Crippen molar-refractivity contribution in [2.24, 2.45) is 28.1 Å². The van der Waals surface area contributed by atoms with Crippen molar-refractivity contribution in [1.82, 2.24) is 47.0 Å². The molecule has 2 heterocycles. The second-order valence-corrected chi connectivity index (χ2v) is 21.6. The molecular formula is C58H83N13O12. The summed E-state index contributed by atoms with van der Waals surface area (Å²) in [6.07, 6.45) is 3.38. The predicted molar refractivity (Wildman–Crippen MR) is 309 cm³/mol. The molecule has 2 saturated heterocycles. The summed E-state index contributed by atoms with van der Waals surface area (Å²) in [6, 6.07) is 13.1. The number of rotatable bonds is 31. The summed E-state index contributed by atoms with van der Waals surface area (Å²) in [4.78, 5) is 144. The van der Waals surface area contributed by atoms with Crippen LogP contribution in [0.2, 0.25) is 0 Å². The quantitative estimate of drug-likeness (QED) is 0.0216. The number of aliphatic carboxylic acids is 1. The van der Waals surface area contributed by atoms with Gasteiger partial charge in [0.2, 0.25) is 53.2 Å². The minimum atomic E-state index is -1.84. The number of carbonyl (C=O) groups excluding carboxylic acids is 9. The Bertz CT molecular complexity index is 2800. The molecule has 2 aliphatic rings. The third-order valence-electron chi connectivity index (χ3n) is 15.1. The van der Waals surface area contributed by atoms with Gasteiger partial charge in [0.1, 0.15) is 47.8 Å². The number of unbranched alkanes of at least 4 members (excludes halogenated alkanes) is 1. The molecule has 0 aromatic heterocycles. The first-order valence-electron chi connectivity index (χ1n) is 28.4. The van der Waals surface area contributed by atoms with Gasteiger partial charge in [-0.05, 0) is 99.1 Å². The van der Waals surface area contributed by atoms with Gasteiger partial charge in [-0.15, -0.1) is 0 Å². The Kier molecular flexibility index (Phi) is 25.2. The van der Waals surface area contributed by atoms with E-state index in [1.807, 2.05) is 36.4 Å². The number of amides is 9. The number of fused-ring (bicyclic) bond motifs is 1. The SMILES string of the molecule is CCC(C)C(NC(=O)C(Cc1ccc2ccccc2c1)NC(=O)C(CO)NC(=O)[C@](C)(Cc1ccccc1)NC(=O)CNC(=O)C1CCCN1C(=O)C1CCCN1C(=O)C(CCCN=C(N)N)NC(=O)C(CCCCN)NC(C)=O)C(=O)O. The maximum absolute atomic E-state index is 14.4. The van der Waals surface area contributed by atoms with Crippen LogP contribution >= 0.6 is 0 Å². The van der Waals surface area contributed by atoms with Gasteiger partial charge in [-0.3, -0.25) is 48.1 Å². The number of aliphatic hydroxyl groups excluding tert-OH is 1. The molecule has 0 spiro atoms. The lowest BCUT2D eigenvalue weighted by Crippen LogP contribution is -2.64. The lowest BCUT2D eigenvalue weighted by molar-refractivity contribution is -0.148. The van der Waals surface area contributed by atoms with Crippen molar-refractivity contribution >= 4 is 75.9 Å². The Morgan fingerprint density at radius 3 is 2.00 bits per heavy atom. The van der Waals surface area contributed by atoms with Crippen LogP contribution in [0.3, 0.4) is 0 Å². The van der Waals surface area contributed by atoms with Gasteiger partial charge in [0, 0.05) is 39.4 Å². The molecule has 8 unspecified atom stereocenters. The molecule has 25 heteroatoms. The monoisotopic (exact) mass is 1150 g/mol. The maximum Gasteiger partial charge on any atom is 0.326 e. The van der Waals surface area contributed by atoms with Gasteiger partial charge in [0.25, 0.3) is 0 Å². The summed E-state index contributed by atoms with van der Waals surface area (Å²) in [5.74, 6) is -8.15. The maximum atomic E-state index is 14.4. The summed E-state index contributed by atoms with van der Waals surface area (Å²) < 4.78 is 0. The molecule has 9 amide bonds. The molecule has 25 nitrogen and oxygen atoms in total. The first kappa shape index (κ1) is 65.6. The fourth-order valence-electron chi connectivity index (χ4n) is 10.4. The van der Waals surface area contributed by atoms with Crippen molar-refractivity contribution in [3.05, 3.63) is 83.9 Å². The average Bonchev–Trinajstić information content (AvgIpc) is 4.39. The molecule has 83 heavy (non-hydrogen) atoms. The lowest BCUT2D eigenvalue weighted by Gasteiger charge is -2.33. The number of nitrogens with zero attached hydrogens (tertiary/aromatic N) is 3. The van der Waals surface area contributed by atoms with Gasteiger partial charge >= 0.3 is 5.97 Å². The normalized spacial score (nSPS) is 17.7. The Labute approximate surface area is 483 Å². The standard InChI is InChI=1S/C58H83N13O12/c1-5-35(2)48(55(81)82)68-50(76)43(31-38-24-25-39-18-9-10-19-40(39)30-38)66-51(77)44(34-72)67-56(83)58(4,32-37-16-7-6-8-17-37)69-47(74)33-63-52(78)45-22-14-28-70(45)54(80)46-23-15-29-71(46)53(79)42(21-13-27-62-57(60)61)65-49(75)41(64-36(3)73)20-11-12-26-59/h6-10,16-19,24-25,30,35,41-46,48,72H,5,11-15,20-23,26-29,31-34,59H2,1-4H3,(H,63,78)(H,64,73)(H,65,75)(H,66,77)(H,67,83)(H,68,76)(H,69,74)(H,81,82)(H4,60,61,62)/t35?,41?,42?,43?,44?,45?,46?,48?,58-/m0/s1. The third kappa shape index (κ3) is 19.2. The van der Waals surface area contributed by atoms with E-state index in [1.54, 1.807) is 50.2 Å². The predicted octanol–water partition coefficient (Wildman–Crippen LogP) is -0.652. The van der Waals surface area contributed by atoms with Gasteiger partial charge < -0.3 is 74.4 Å². The molecule has 0 aliphatic carbocycles. The molecular weight excluding hydrogens is 1070 g/mol. The van der Waals surface area contributed by atoms with Crippen LogP contribution in [0.4, 0.5) is 0 Å². The Morgan fingerprint density at radius 2 is 1.35 bits per heavy atom.